The molecule has 0 aromatic heterocycles. The van der Waals surface area contributed by atoms with Crippen molar-refractivity contribution in [2.75, 3.05) is 26.7 Å². The first kappa shape index (κ1) is 19.4. The number of unbranched alkanes of at least 4 members (excludes halogenated alkanes) is 1. The van der Waals surface area contributed by atoms with Gasteiger partial charge in [0.1, 0.15) is 12.3 Å². The normalized spacial score (nSPS) is 14.2. The lowest BCUT2D eigenvalue weighted by atomic mass is 10.1. The Morgan fingerprint density at radius 1 is 1.08 bits per heavy atom. The number of benzene rings is 1. The van der Waals surface area contributed by atoms with Crippen molar-refractivity contribution in [1.82, 2.24) is 15.1 Å². The van der Waals surface area contributed by atoms with E-state index in [1.165, 1.54) is 0 Å². The van der Waals surface area contributed by atoms with E-state index in [2.05, 4.69) is 5.32 Å². The molecule has 1 aliphatic heterocycles. The molecule has 1 N–H and O–H groups in total. The number of ether oxygens (including phenoxy) is 1. The van der Waals surface area contributed by atoms with E-state index in [1.54, 1.807) is 7.11 Å². The van der Waals surface area contributed by atoms with E-state index in [-0.39, 0.29) is 6.54 Å². The fourth-order valence-electron chi connectivity index (χ4n) is 2.54. The average Bonchev–Trinajstić information content (AvgIpc) is 2.84. The SMILES string of the molecule is CCCCN1C(=O)C(=O)N(CC(=O)NCCc2ccc(OC)cc2)C1=O. The van der Waals surface area contributed by atoms with Gasteiger partial charge in [0.05, 0.1) is 7.11 Å². The lowest BCUT2D eigenvalue weighted by molar-refractivity contribution is -0.144. The first-order valence-corrected chi connectivity index (χ1v) is 8.54. The number of rotatable bonds is 9. The minimum Gasteiger partial charge on any atom is -0.497 e. The van der Waals surface area contributed by atoms with Crippen molar-refractivity contribution in [1.29, 1.82) is 0 Å². The van der Waals surface area contributed by atoms with Crippen LogP contribution >= 0.6 is 0 Å². The Hall–Kier alpha value is -2.90. The molecule has 26 heavy (non-hydrogen) atoms. The van der Waals surface area contributed by atoms with Crippen LogP contribution in [0.2, 0.25) is 0 Å². The van der Waals surface area contributed by atoms with Crippen LogP contribution in [0.1, 0.15) is 25.3 Å². The number of hydrogen-bond donors (Lipinski definition) is 1. The highest BCUT2D eigenvalue weighted by Gasteiger charge is 2.44. The number of urea groups is 1. The summed E-state index contributed by atoms with van der Waals surface area (Å²) in [4.78, 5) is 49.5. The van der Waals surface area contributed by atoms with Gasteiger partial charge in [-0.1, -0.05) is 25.5 Å². The Labute approximate surface area is 152 Å². The van der Waals surface area contributed by atoms with Crippen LogP contribution in [0, 0.1) is 0 Å². The predicted octanol–water partition coefficient (Wildman–Crippen LogP) is 0.945. The van der Waals surface area contributed by atoms with Gasteiger partial charge in [0.25, 0.3) is 0 Å². The van der Waals surface area contributed by atoms with Gasteiger partial charge < -0.3 is 10.1 Å². The molecule has 1 aromatic carbocycles. The maximum absolute atomic E-state index is 12.1. The summed E-state index contributed by atoms with van der Waals surface area (Å²) in [7, 11) is 1.59. The van der Waals surface area contributed by atoms with E-state index in [0.29, 0.717) is 24.3 Å². The topological polar surface area (TPSA) is 96.0 Å². The lowest BCUT2D eigenvalue weighted by Gasteiger charge is -2.15. The van der Waals surface area contributed by atoms with Gasteiger partial charge in [-0.25, -0.2) is 9.69 Å². The van der Waals surface area contributed by atoms with Crippen LogP contribution in [0.5, 0.6) is 5.75 Å². The summed E-state index contributed by atoms with van der Waals surface area (Å²) in [5.74, 6) is -1.54. The molecule has 1 aliphatic rings. The highest BCUT2D eigenvalue weighted by Crippen LogP contribution is 2.13. The van der Waals surface area contributed by atoms with Gasteiger partial charge >= 0.3 is 17.8 Å². The zero-order valence-corrected chi connectivity index (χ0v) is 15.0. The minimum absolute atomic E-state index is 0.190. The molecule has 0 aliphatic carbocycles. The minimum atomic E-state index is -0.948. The molecule has 140 valence electrons. The van der Waals surface area contributed by atoms with E-state index in [4.69, 9.17) is 4.74 Å². The molecule has 0 unspecified atom stereocenters. The van der Waals surface area contributed by atoms with Crippen LogP contribution in [0.15, 0.2) is 24.3 Å². The fraction of sp³-hybridized carbons (Fsp3) is 0.444. The second-order valence-electron chi connectivity index (χ2n) is 5.93. The molecule has 1 heterocycles. The summed E-state index contributed by atoms with van der Waals surface area (Å²) in [6.07, 6.45) is 2.00. The Morgan fingerprint density at radius 2 is 1.73 bits per heavy atom. The van der Waals surface area contributed by atoms with Gasteiger partial charge in [0.2, 0.25) is 5.91 Å². The van der Waals surface area contributed by atoms with Gasteiger partial charge in [-0.2, -0.15) is 0 Å². The smallest absolute Gasteiger partial charge is 0.334 e. The van der Waals surface area contributed by atoms with E-state index < -0.39 is 30.3 Å². The Bertz CT molecular complexity index is 687. The first-order valence-electron chi connectivity index (χ1n) is 8.54. The molecular formula is C18H23N3O5. The molecule has 0 spiro atoms. The predicted molar refractivity (Wildman–Crippen MR) is 93.4 cm³/mol. The van der Waals surface area contributed by atoms with Crippen LogP contribution in [-0.4, -0.2) is 60.3 Å². The average molecular weight is 361 g/mol. The summed E-state index contributed by atoms with van der Waals surface area (Å²) in [5.41, 5.74) is 1.01. The third kappa shape index (κ3) is 4.59. The number of carbonyl (C=O) groups is 4. The number of carbonyl (C=O) groups excluding carboxylic acids is 4. The van der Waals surface area contributed by atoms with Crippen LogP contribution in [0.3, 0.4) is 0 Å². The molecule has 0 saturated carbocycles. The van der Waals surface area contributed by atoms with Crippen molar-refractivity contribution in [2.45, 2.75) is 26.2 Å². The molecule has 1 fully saturated rings. The first-order chi connectivity index (χ1) is 12.5. The molecular weight excluding hydrogens is 338 g/mol. The molecule has 5 amide bonds. The molecule has 8 heteroatoms. The number of methoxy groups -OCH3 is 1. The van der Waals surface area contributed by atoms with Crippen molar-refractivity contribution in [3.05, 3.63) is 29.8 Å². The highest BCUT2D eigenvalue weighted by atomic mass is 16.5. The van der Waals surface area contributed by atoms with Crippen molar-refractivity contribution in [2.24, 2.45) is 0 Å². The van der Waals surface area contributed by atoms with Crippen molar-refractivity contribution >= 4 is 23.8 Å². The monoisotopic (exact) mass is 361 g/mol. The van der Waals surface area contributed by atoms with Crippen LogP contribution < -0.4 is 10.1 Å². The summed E-state index contributed by atoms with van der Waals surface area (Å²) in [5, 5.41) is 2.65. The third-order valence-electron chi connectivity index (χ3n) is 4.07. The second kappa shape index (κ2) is 8.98. The quantitative estimate of drug-likeness (QED) is 0.522. The van der Waals surface area contributed by atoms with E-state index in [9.17, 15) is 19.2 Å². The number of imide groups is 2. The standard InChI is InChI=1S/C18H23N3O5/c1-3-4-11-20-16(23)17(24)21(18(20)25)12-15(22)19-10-9-13-5-7-14(26-2)8-6-13/h5-8H,3-4,9-12H2,1-2H3,(H,19,22). The highest BCUT2D eigenvalue weighted by molar-refractivity contribution is 6.45. The van der Waals surface area contributed by atoms with E-state index in [1.807, 2.05) is 31.2 Å². The van der Waals surface area contributed by atoms with Gasteiger partial charge in [0, 0.05) is 13.1 Å². The Balaban J connectivity index is 1.82. The van der Waals surface area contributed by atoms with Crippen LogP contribution in [0.4, 0.5) is 4.79 Å². The van der Waals surface area contributed by atoms with Gasteiger partial charge in [0.15, 0.2) is 0 Å². The fourth-order valence-corrected chi connectivity index (χ4v) is 2.54. The molecule has 1 saturated heterocycles. The molecule has 1 aromatic rings. The van der Waals surface area contributed by atoms with Crippen molar-refractivity contribution < 1.29 is 23.9 Å². The molecule has 8 nitrogen and oxygen atoms in total. The summed E-state index contributed by atoms with van der Waals surface area (Å²) in [6, 6.07) is 6.72. The number of hydrogen-bond acceptors (Lipinski definition) is 5. The van der Waals surface area contributed by atoms with Crippen LogP contribution in [-0.2, 0) is 20.8 Å². The maximum Gasteiger partial charge on any atom is 0.334 e. The van der Waals surface area contributed by atoms with Gasteiger partial charge in [-0.05, 0) is 30.5 Å². The maximum atomic E-state index is 12.1. The third-order valence-corrected chi connectivity index (χ3v) is 4.07. The van der Waals surface area contributed by atoms with Gasteiger partial charge in [-0.3, -0.25) is 19.3 Å². The zero-order chi connectivity index (χ0) is 19.1. The van der Waals surface area contributed by atoms with E-state index >= 15 is 0 Å². The zero-order valence-electron chi connectivity index (χ0n) is 15.0. The van der Waals surface area contributed by atoms with Crippen molar-refractivity contribution in [3.63, 3.8) is 0 Å². The van der Waals surface area contributed by atoms with Crippen LogP contribution in [0.25, 0.3) is 0 Å². The molecule has 0 radical (unpaired) electrons. The number of nitrogens with zero attached hydrogens (tertiary/aromatic N) is 2. The molecule has 2 rings (SSSR count). The summed E-state index contributed by atoms with van der Waals surface area (Å²) >= 11 is 0. The van der Waals surface area contributed by atoms with Gasteiger partial charge in [-0.15, -0.1) is 0 Å². The number of nitrogens with one attached hydrogen (secondary N) is 1. The Morgan fingerprint density at radius 3 is 2.35 bits per heavy atom. The summed E-state index contributed by atoms with van der Waals surface area (Å²) in [6.45, 7) is 2.01. The van der Waals surface area contributed by atoms with Crippen molar-refractivity contribution in [3.8, 4) is 5.75 Å². The second-order valence-corrected chi connectivity index (χ2v) is 5.93. The van der Waals surface area contributed by atoms with E-state index in [0.717, 1.165) is 22.6 Å². The molecule has 0 bridgehead atoms. The lowest BCUT2D eigenvalue weighted by Crippen LogP contribution is -2.42. The number of amides is 5. The molecule has 0 atom stereocenters. The largest absolute Gasteiger partial charge is 0.497 e. The summed E-state index contributed by atoms with van der Waals surface area (Å²) < 4.78 is 5.08. The Kier molecular flexibility index (Phi) is 6.71.